The highest BCUT2D eigenvalue weighted by atomic mass is 35.5. The number of hydrogen-bond donors (Lipinski definition) is 1. The van der Waals surface area contributed by atoms with E-state index in [1.807, 2.05) is 46.4 Å². The molecule has 1 aliphatic rings. The van der Waals surface area contributed by atoms with Gasteiger partial charge < -0.3 is 15.5 Å². The van der Waals surface area contributed by atoms with E-state index >= 15 is 4.39 Å². The maximum Gasteiger partial charge on any atom is 0.355 e. The lowest BCUT2D eigenvalue weighted by Crippen LogP contribution is -2.58. The number of benzene rings is 1. The number of aromatic nitrogens is 3. The molecule has 1 aliphatic heterocycles. The van der Waals surface area contributed by atoms with Crippen LogP contribution in [0.5, 0.6) is 0 Å². The first-order valence-electron chi connectivity index (χ1n) is 14.4. The molecule has 3 heterocycles. The van der Waals surface area contributed by atoms with Crippen LogP contribution in [0.2, 0.25) is 5.02 Å². The third-order valence-corrected chi connectivity index (χ3v) is 8.08. The quantitative estimate of drug-likeness (QED) is 0.286. The molecule has 2 atom stereocenters. The molecule has 1 fully saturated rings. The summed E-state index contributed by atoms with van der Waals surface area (Å²) in [6, 6.07) is 7.49. The Morgan fingerprint density at radius 2 is 1.81 bits per heavy atom. The number of aliphatic imine (C=N–C) groups is 1. The van der Waals surface area contributed by atoms with Crippen molar-refractivity contribution < 1.29 is 9.18 Å². The normalized spacial score (nSPS) is 18.4. The van der Waals surface area contributed by atoms with Crippen LogP contribution in [0.25, 0.3) is 28.0 Å². The molecule has 2 N–H and O–H groups in total. The summed E-state index contributed by atoms with van der Waals surface area (Å²) < 4.78 is 16.4. The first kappa shape index (κ1) is 31.9. The second-order valence-corrected chi connectivity index (χ2v) is 11.9. The number of anilines is 1. The molecule has 11 heteroatoms. The van der Waals surface area contributed by atoms with Gasteiger partial charge >= 0.3 is 5.69 Å². The van der Waals surface area contributed by atoms with Gasteiger partial charge in [0.15, 0.2) is 5.65 Å². The monoisotopic (exact) mass is 607 g/mol. The number of fused-ring (bicyclic) bond motifs is 1. The van der Waals surface area contributed by atoms with E-state index in [0.717, 1.165) is 0 Å². The van der Waals surface area contributed by atoms with Gasteiger partial charge in [0.05, 0.1) is 27.5 Å². The molecule has 9 nitrogen and oxygen atoms in total. The Kier molecular flexibility index (Phi) is 9.39. The first-order valence-corrected chi connectivity index (χ1v) is 14.7. The molecule has 1 aromatic carbocycles. The van der Waals surface area contributed by atoms with Crippen LogP contribution in [0.3, 0.4) is 0 Å². The van der Waals surface area contributed by atoms with E-state index in [0.29, 0.717) is 41.4 Å². The van der Waals surface area contributed by atoms with Gasteiger partial charge in [-0.15, -0.1) is 0 Å². The molecule has 3 aromatic rings. The zero-order chi connectivity index (χ0) is 31.7. The molecule has 0 aliphatic carbocycles. The molecule has 0 bridgehead atoms. The van der Waals surface area contributed by atoms with Crippen LogP contribution in [-0.4, -0.2) is 63.3 Å². The van der Waals surface area contributed by atoms with Crippen LogP contribution < -0.4 is 16.3 Å². The second kappa shape index (κ2) is 12.7. The number of hydrogen-bond acceptors (Lipinski definition) is 7. The van der Waals surface area contributed by atoms with Gasteiger partial charge in [0, 0.05) is 43.5 Å². The number of allylic oxidation sites excluding steroid dienone is 2. The highest BCUT2D eigenvalue weighted by molar-refractivity contribution is 6.34. The second-order valence-electron chi connectivity index (χ2n) is 11.5. The van der Waals surface area contributed by atoms with E-state index in [2.05, 4.69) is 16.6 Å². The summed E-state index contributed by atoms with van der Waals surface area (Å²) in [7, 11) is 1.65. The molecule has 0 spiro atoms. The van der Waals surface area contributed by atoms with E-state index in [4.69, 9.17) is 22.3 Å². The zero-order valence-corrected chi connectivity index (χ0v) is 26.5. The van der Waals surface area contributed by atoms with Crippen molar-refractivity contribution in [3.8, 4) is 11.3 Å². The van der Waals surface area contributed by atoms with Crippen molar-refractivity contribution in [2.75, 3.05) is 25.0 Å². The standard InChI is InChI=1S/C32H39ClFN7O2/c1-9-25(42)39-15-20(7)40(16-19(39)6)30-22-14-23(33)28(21-12-10-11-13-24(21)34)37-31(22)41(32(43)38-30)29(26(35)17(2)3)27(36-8)18(4)5/h9-14,17-20H,1,15-16,35H2,2-8H3/t19-,20+/m1/s1. The van der Waals surface area contributed by atoms with Gasteiger partial charge in [-0.1, -0.05) is 58.0 Å². The van der Waals surface area contributed by atoms with Gasteiger partial charge in [-0.3, -0.25) is 9.79 Å². The van der Waals surface area contributed by atoms with E-state index in [1.54, 1.807) is 36.2 Å². The average Bonchev–Trinajstić information content (AvgIpc) is 2.96. The Balaban J connectivity index is 2.11. The topological polar surface area (TPSA) is 110 Å². The summed E-state index contributed by atoms with van der Waals surface area (Å²) >= 11 is 6.81. The molecule has 1 amide bonds. The average molecular weight is 608 g/mol. The van der Waals surface area contributed by atoms with Gasteiger partial charge in [-0.05, 0) is 50.0 Å². The van der Waals surface area contributed by atoms with Crippen molar-refractivity contribution in [1.82, 2.24) is 19.4 Å². The van der Waals surface area contributed by atoms with Gasteiger partial charge in [0.2, 0.25) is 5.91 Å². The van der Waals surface area contributed by atoms with E-state index < -0.39 is 11.5 Å². The summed E-state index contributed by atoms with van der Waals surface area (Å²) in [5.41, 5.74) is 8.13. The lowest BCUT2D eigenvalue weighted by atomic mass is 9.98. The Bertz CT molecular complexity index is 1690. The number of carbonyl (C=O) groups is 1. The van der Waals surface area contributed by atoms with Crippen LogP contribution >= 0.6 is 11.6 Å². The number of nitrogens with zero attached hydrogens (tertiary/aromatic N) is 6. The van der Waals surface area contributed by atoms with E-state index in [-0.39, 0.29) is 51.8 Å². The Labute approximate surface area is 256 Å². The number of carbonyl (C=O) groups excluding carboxylic acids is 1. The fourth-order valence-electron chi connectivity index (χ4n) is 5.52. The largest absolute Gasteiger partial charge is 0.400 e. The maximum absolute atomic E-state index is 15.0. The van der Waals surface area contributed by atoms with E-state index in [9.17, 15) is 9.59 Å². The van der Waals surface area contributed by atoms with Crippen molar-refractivity contribution in [3.63, 3.8) is 0 Å². The highest BCUT2D eigenvalue weighted by Crippen LogP contribution is 2.36. The fourth-order valence-corrected chi connectivity index (χ4v) is 5.77. The van der Waals surface area contributed by atoms with Crippen molar-refractivity contribution in [1.29, 1.82) is 0 Å². The number of pyridine rings is 1. The molecule has 0 saturated carbocycles. The lowest BCUT2D eigenvalue weighted by Gasteiger charge is -2.44. The molecular weight excluding hydrogens is 569 g/mol. The van der Waals surface area contributed by atoms with Crippen molar-refractivity contribution >= 4 is 45.8 Å². The zero-order valence-electron chi connectivity index (χ0n) is 25.7. The van der Waals surface area contributed by atoms with Gasteiger partial charge in [-0.25, -0.2) is 18.7 Å². The summed E-state index contributed by atoms with van der Waals surface area (Å²) in [6.45, 7) is 16.1. The Morgan fingerprint density at radius 3 is 2.40 bits per heavy atom. The van der Waals surface area contributed by atoms with Crippen molar-refractivity contribution in [3.05, 3.63) is 70.0 Å². The Hall–Kier alpha value is -4.05. The minimum atomic E-state index is -0.610. The van der Waals surface area contributed by atoms with Crippen molar-refractivity contribution in [2.45, 2.75) is 53.6 Å². The third-order valence-electron chi connectivity index (χ3n) is 7.80. The van der Waals surface area contributed by atoms with Crippen molar-refractivity contribution in [2.24, 2.45) is 22.6 Å². The first-order chi connectivity index (χ1) is 20.3. The molecule has 0 unspecified atom stereocenters. The predicted molar refractivity (Wildman–Crippen MR) is 173 cm³/mol. The molecule has 228 valence electrons. The van der Waals surface area contributed by atoms with Crippen LogP contribution in [0.15, 0.2) is 58.5 Å². The number of halogens is 2. The summed E-state index contributed by atoms with van der Waals surface area (Å²) in [6.07, 6.45) is 1.30. The molecule has 1 saturated heterocycles. The number of piperazine rings is 1. The molecule has 43 heavy (non-hydrogen) atoms. The third kappa shape index (κ3) is 5.93. The van der Waals surface area contributed by atoms with E-state index in [1.165, 1.54) is 16.7 Å². The van der Waals surface area contributed by atoms with Crippen LogP contribution in [0.4, 0.5) is 10.2 Å². The molecule has 0 radical (unpaired) electrons. The lowest BCUT2D eigenvalue weighted by molar-refractivity contribution is -0.128. The predicted octanol–water partition coefficient (Wildman–Crippen LogP) is 5.37. The summed E-state index contributed by atoms with van der Waals surface area (Å²) in [5.74, 6) is -0.515. The SMILES string of the molecule is C=CC(=O)N1C[C@H](C)N(c2nc(=O)n(C(C(=NC)C(C)C)=C(N)C(C)C)c3nc(-c4ccccc4F)c(Cl)cc23)C[C@H]1C. The summed E-state index contributed by atoms with van der Waals surface area (Å²) in [5, 5.41) is 0.683. The minimum absolute atomic E-state index is 0.0892. The minimum Gasteiger partial charge on any atom is -0.400 e. The van der Waals surface area contributed by atoms with Crippen LogP contribution in [0, 0.1) is 17.7 Å². The van der Waals surface area contributed by atoms with Crippen LogP contribution in [-0.2, 0) is 4.79 Å². The van der Waals surface area contributed by atoms with Crippen LogP contribution in [0.1, 0.15) is 41.5 Å². The van der Waals surface area contributed by atoms with Gasteiger partial charge in [-0.2, -0.15) is 4.98 Å². The number of rotatable bonds is 7. The fraction of sp³-hybridized carbons (Fsp3) is 0.406. The molecular formula is C32H39ClFN7O2. The maximum atomic E-state index is 15.0. The number of amides is 1. The smallest absolute Gasteiger partial charge is 0.355 e. The number of nitrogens with two attached hydrogens (primary N) is 1. The van der Waals surface area contributed by atoms with Gasteiger partial charge in [0.1, 0.15) is 11.6 Å². The molecule has 4 rings (SSSR count). The molecule has 2 aromatic heterocycles. The highest BCUT2D eigenvalue weighted by Gasteiger charge is 2.34. The Morgan fingerprint density at radius 1 is 1.14 bits per heavy atom. The van der Waals surface area contributed by atoms with Gasteiger partial charge in [0.25, 0.3) is 0 Å². The summed E-state index contributed by atoms with van der Waals surface area (Å²) in [4.78, 5) is 44.4.